The van der Waals surface area contributed by atoms with Crippen molar-refractivity contribution in [2.75, 3.05) is 32.1 Å². The second-order valence-corrected chi connectivity index (χ2v) is 17.3. The zero-order valence-corrected chi connectivity index (χ0v) is 35.6. The van der Waals surface area contributed by atoms with Gasteiger partial charge in [0, 0.05) is 39.6 Å². The molecule has 0 saturated carbocycles. The lowest BCUT2D eigenvalue weighted by Gasteiger charge is -2.28. The summed E-state index contributed by atoms with van der Waals surface area (Å²) in [6, 6.07) is 11.7. The number of hydrogen-bond donors (Lipinski definition) is 8. The van der Waals surface area contributed by atoms with Crippen LogP contribution in [0.15, 0.2) is 65.7 Å². The summed E-state index contributed by atoms with van der Waals surface area (Å²) in [5.41, 5.74) is 17.6. The van der Waals surface area contributed by atoms with Crippen molar-refractivity contribution in [2.24, 2.45) is 28.1 Å². The topological polar surface area (TPSA) is 307 Å². The molecule has 20 heteroatoms. The van der Waals surface area contributed by atoms with Crippen molar-refractivity contribution in [1.82, 2.24) is 31.5 Å². The molecule has 0 fully saturated rings. The highest BCUT2D eigenvalue weighted by Gasteiger charge is 2.32. The molecule has 330 valence electrons. The zero-order valence-electron chi connectivity index (χ0n) is 34.8. The fourth-order valence-electron chi connectivity index (χ4n) is 6.06. The van der Waals surface area contributed by atoms with Gasteiger partial charge in [0.15, 0.2) is 5.96 Å². The molecule has 0 aliphatic carbocycles. The van der Waals surface area contributed by atoms with Gasteiger partial charge >= 0.3 is 0 Å². The molecule has 7 amide bonds. The maximum atomic E-state index is 14.2. The first-order valence-electron chi connectivity index (χ1n) is 19.5. The van der Waals surface area contributed by atoms with Crippen molar-refractivity contribution < 1.29 is 42.0 Å². The number of benzene rings is 2. The Morgan fingerprint density at radius 1 is 0.683 bits per heavy atom. The molecule has 5 atom stereocenters. The van der Waals surface area contributed by atoms with Crippen LogP contribution in [0.3, 0.4) is 0 Å². The predicted octanol–water partition coefficient (Wildman–Crippen LogP) is -1.61. The lowest BCUT2D eigenvalue weighted by Crippen LogP contribution is -2.58. The highest BCUT2D eigenvalue weighted by molar-refractivity contribution is 7.90. The van der Waals surface area contributed by atoms with Crippen molar-refractivity contribution in [3.8, 4) is 0 Å². The van der Waals surface area contributed by atoms with Crippen molar-refractivity contribution >= 4 is 57.1 Å². The molecule has 0 saturated heterocycles. The third-order valence-corrected chi connectivity index (χ3v) is 9.98. The van der Waals surface area contributed by atoms with Crippen LogP contribution >= 0.6 is 0 Å². The number of guanidine groups is 1. The number of nitrogens with two attached hydrogens (primary N) is 3. The van der Waals surface area contributed by atoms with E-state index >= 15 is 0 Å². The smallest absolute Gasteiger partial charge is 0.245 e. The normalized spacial score (nSPS) is 13.6. The van der Waals surface area contributed by atoms with Gasteiger partial charge in [-0.3, -0.25) is 38.6 Å². The number of primary amides is 1. The summed E-state index contributed by atoms with van der Waals surface area (Å²) in [6.45, 7) is 4.51. The van der Waals surface area contributed by atoms with Crippen LogP contribution in [-0.2, 0) is 56.2 Å². The van der Waals surface area contributed by atoms with E-state index in [0.717, 1.165) is 11.2 Å². The Hall–Kier alpha value is -6.05. The van der Waals surface area contributed by atoms with E-state index in [4.69, 9.17) is 17.2 Å². The highest BCUT2D eigenvalue weighted by Crippen LogP contribution is 2.11. The minimum Gasteiger partial charge on any atom is -0.370 e. The van der Waals surface area contributed by atoms with Gasteiger partial charge in [0.2, 0.25) is 41.4 Å². The Labute approximate surface area is 351 Å². The van der Waals surface area contributed by atoms with E-state index in [0.29, 0.717) is 17.5 Å². The molecule has 19 nitrogen and oxygen atoms in total. The summed E-state index contributed by atoms with van der Waals surface area (Å²) in [6.07, 6.45) is 1.36. The van der Waals surface area contributed by atoms with Crippen LogP contribution < -0.4 is 43.8 Å². The molecular formula is C40H60N10O9S. The molecule has 0 heterocycles. The summed E-state index contributed by atoms with van der Waals surface area (Å²) >= 11 is 0. The molecule has 11 N–H and O–H groups in total. The number of rotatable bonds is 25. The quantitative estimate of drug-likeness (QED) is 0.0319. The van der Waals surface area contributed by atoms with Gasteiger partial charge in [-0.1, -0.05) is 74.5 Å². The van der Waals surface area contributed by atoms with E-state index in [2.05, 4.69) is 31.6 Å². The fraction of sp³-hybridized carbons (Fsp3) is 0.500. The SMILES string of the molecule is CC(=O)N[C@H](CCCN=C(N)N)C(=O)N[C@H](Cc1ccccc1)C(=O)N[C@H](Cc1ccccc1)C(=O)N(C)CC(=O)N[C@H](CC(C)C)C(=O)N[C@H](CCS(C)(=O)=O)C(N)=O. The zero-order chi connectivity index (χ0) is 45.0. The van der Waals surface area contributed by atoms with Crippen LogP contribution in [0, 0.1) is 5.92 Å². The van der Waals surface area contributed by atoms with Crippen molar-refractivity contribution in [3.05, 3.63) is 71.8 Å². The monoisotopic (exact) mass is 856 g/mol. The molecule has 0 aliphatic rings. The summed E-state index contributed by atoms with van der Waals surface area (Å²) in [4.78, 5) is 97.6. The Balaban J connectivity index is 2.34. The average molecular weight is 857 g/mol. The molecule has 0 unspecified atom stereocenters. The van der Waals surface area contributed by atoms with Gasteiger partial charge in [-0.25, -0.2) is 8.42 Å². The number of aliphatic imine (C=N–C) groups is 1. The predicted molar refractivity (Wildman–Crippen MR) is 226 cm³/mol. The van der Waals surface area contributed by atoms with Gasteiger partial charge < -0.3 is 48.7 Å². The van der Waals surface area contributed by atoms with Gasteiger partial charge in [0.1, 0.15) is 40.0 Å². The Morgan fingerprint density at radius 2 is 1.18 bits per heavy atom. The van der Waals surface area contributed by atoms with E-state index in [9.17, 15) is 42.0 Å². The van der Waals surface area contributed by atoms with Gasteiger partial charge in [0.05, 0.1) is 12.3 Å². The second kappa shape index (κ2) is 24.8. The van der Waals surface area contributed by atoms with Crippen LogP contribution in [0.1, 0.15) is 57.6 Å². The lowest BCUT2D eigenvalue weighted by molar-refractivity contribution is -0.139. The van der Waals surface area contributed by atoms with Crippen molar-refractivity contribution in [1.29, 1.82) is 0 Å². The molecule has 0 radical (unpaired) electrons. The lowest BCUT2D eigenvalue weighted by atomic mass is 10.0. The van der Waals surface area contributed by atoms with Crippen LogP contribution in [-0.4, -0.2) is 123 Å². The number of carbonyl (C=O) groups is 7. The molecule has 60 heavy (non-hydrogen) atoms. The van der Waals surface area contributed by atoms with E-state index in [1.807, 2.05) is 0 Å². The van der Waals surface area contributed by atoms with Gasteiger partial charge in [-0.05, 0) is 42.7 Å². The first kappa shape index (κ1) is 50.1. The molecule has 0 bridgehead atoms. The van der Waals surface area contributed by atoms with Crippen LogP contribution in [0.4, 0.5) is 0 Å². The number of likely N-dealkylation sites (N-methyl/N-ethyl adjacent to an activating group) is 1. The van der Waals surface area contributed by atoms with Gasteiger partial charge in [-0.15, -0.1) is 0 Å². The number of amides is 7. The molecule has 0 spiro atoms. The Morgan fingerprint density at radius 3 is 1.68 bits per heavy atom. The Bertz CT molecular complexity index is 1910. The molecule has 2 aromatic carbocycles. The van der Waals surface area contributed by atoms with Crippen LogP contribution in [0.2, 0.25) is 0 Å². The number of nitrogens with zero attached hydrogens (tertiary/aromatic N) is 2. The first-order valence-corrected chi connectivity index (χ1v) is 21.5. The average Bonchev–Trinajstić information content (AvgIpc) is 3.16. The molecular weight excluding hydrogens is 797 g/mol. The third-order valence-electron chi connectivity index (χ3n) is 9.01. The molecule has 0 aliphatic heterocycles. The van der Waals surface area contributed by atoms with E-state index in [1.54, 1.807) is 74.5 Å². The number of sulfone groups is 1. The standard InChI is InChI=1S/C40H60N10O9S/c1-25(2)21-31(37(55)47-29(35(41)53)18-20-60(5,58)59)46-34(52)24-50(4)39(57)33(23-28-15-10-7-11-16-28)49-38(56)32(22-27-13-8-6-9-14-27)48-36(54)30(45-26(3)51)17-12-19-44-40(42)43/h6-11,13-16,25,29-33H,12,17-24H2,1-5H3,(H2,41,53)(H,45,51)(H,46,52)(H,47,55)(H,48,54)(H,49,56)(H4,42,43,44)/t29-,30-,31-,32-,33-/m1/s1. The largest absolute Gasteiger partial charge is 0.370 e. The van der Waals surface area contributed by atoms with Gasteiger partial charge in [-0.2, -0.15) is 0 Å². The summed E-state index contributed by atoms with van der Waals surface area (Å²) in [5.74, 6) is -5.60. The van der Waals surface area contributed by atoms with Crippen molar-refractivity contribution in [3.63, 3.8) is 0 Å². The van der Waals surface area contributed by atoms with E-state index in [1.165, 1.54) is 14.0 Å². The molecule has 2 rings (SSSR count). The minimum absolute atomic E-state index is 0.00303. The number of nitrogens with one attached hydrogen (secondary N) is 5. The Kier molecular flexibility index (Phi) is 20.7. The third kappa shape index (κ3) is 19.6. The van der Waals surface area contributed by atoms with Crippen molar-refractivity contribution in [2.45, 2.75) is 89.5 Å². The van der Waals surface area contributed by atoms with Crippen LogP contribution in [0.25, 0.3) is 0 Å². The maximum Gasteiger partial charge on any atom is 0.245 e. The summed E-state index contributed by atoms with van der Waals surface area (Å²) < 4.78 is 23.4. The minimum atomic E-state index is -3.48. The van der Waals surface area contributed by atoms with E-state index < -0.39 is 93.7 Å². The van der Waals surface area contributed by atoms with Gasteiger partial charge in [0.25, 0.3) is 0 Å². The molecule has 2 aromatic rings. The van der Waals surface area contributed by atoms with E-state index in [-0.39, 0.29) is 50.5 Å². The fourth-order valence-corrected chi connectivity index (χ4v) is 6.73. The first-order chi connectivity index (χ1) is 28.1. The second-order valence-electron chi connectivity index (χ2n) is 15.0. The van der Waals surface area contributed by atoms with Crippen LogP contribution in [0.5, 0.6) is 0 Å². The highest BCUT2D eigenvalue weighted by atomic mass is 32.2. The summed E-state index contributed by atoms with van der Waals surface area (Å²) in [7, 11) is -2.13. The maximum absolute atomic E-state index is 14.2. The molecule has 0 aromatic heterocycles. The summed E-state index contributed by atoms with van der Waals surface area (Å²) in [5, 5.41) is 13.1. The number of hydrogen-bond acceptors (Lipinski definition) is 10. The number of carbonyl (C=O) groups excluding carboxylic acids is 7.